The van der Waals surface area contributed by atoms with Gasteiger partial charge in [-0.3, -0.25) is 0 Å². The maximum Gasteiger partial charge on any atom is 0.264 e. The van der Waals surface area contributed by atoms with Crippen LogP contribution < -0.4 is 10.1 Å². The fourth-order valence-corrected chi connectivity index (χ4v) is 2.23. The second kappa shape index (κ2) is 6.26. The third-order valence-corrected chi connectivity index (χ3v) is 3.62. The molecule has 1 aliphatic carbocycles. The number of hydrogen-bond acceptors (Lipinski definition) is 5. The zero-order valence-electron chi connectivity index (χ0n) is 12.6. The molecule has 1 heterocycles. The highest BCUT2D eigenvalue weighted by Gasteiger charge is 2.21. The van der Waals surface area contributed by atoms with Crippen LogP contribution in [0.15, 0.2) is 22.7 Å². The minimum Gasteiger partial charge on any atom is -0.483 e. The van der Waals surface area contributed by atoms with Gasteiger partial charge in [-0.2, -0.15) is 4.98 Å². The third kappa shape index (κ3) is 3.61. The Balaban J connectivity index is 1.67. The fourth-order valence-electron chi connectivity index (χ4n) is 2.23. The molecular formula is C16H21N3O2. The van der Waals surface area contributed by atoms with E-state index in [1.54, 1.807) is 0 Å². The van der Waals surface area contributed by atoms with Crippen LogP contribution in [-0.4, -0.2) is 16.2 Å². The second-order valence-electron chi connectivity index (χ2n) is 5.46. The van der Waals surface area contributed by atoms with Gasteiger partial charge in [-0.05, 0) is 25.3 Å². The lowest BCUT2D eigenvalue weighted by Crippen LogP contribution is -2.16. The highest BCUT2D eigenvalue weighted by molar-refractivity contribution is 5.40. The molecule has 5 nitrogen and oxygen atoms in total. The number of ether oxygens (including phenoxy) is 1. The van der Waals surface area contributed by atoms with Crippen molar-refractivity contribution in [2.24, 2.45) is 0 Å². The Kier molecular flexibility index (Phi) is 4.20. The summed E-state index contributed by atoms with van der Waals surface area (Å²) in [5.41, 5.74) is 2.30. The van der Waals surface area contributed by atoms with Crippen molar-refractivity contribution in [2.45, 2.75) is 52.3 Å². The first-order valence-corrected chi connectivity index (χ1v) is 7.52. The molecule has 1 saturated carbocycles. The summed E-state index contributed by atoms with van der Waals surface area (Å²) < 4.78 is 11.1. The van der Waals surface area contributed by atoms with Crippen LogP contribution in [0.5, 0.6) is 5.75 Å². The maximum atomic E-state index is 5.93. The van der Waals surface area contributed by atoms with Crippen LogP contribution in [0.25, 0.3) is 0 Å². The van der Waals surface area contributed by atoms with E-state index in [0.717, 1.165) is 24.3 Å². The van der Waals surface area contributed by atoms with Gasteiger partial charge in [-0.25, -0.2) is 0 Å². The van der Waals surface area contributed by atoms with Crippen molar-refractivity contribution >= 4 is 0 Å². The van der Waals surface area contributed by atoms with Crippen LogP contribution >= 0.6 is 0 Å². The first-order chi connectivity index (χ1) is 10.3. The van der Waals surface area contributed by atoms with Crippen LogP contribution in [0, 0.1) is 6.92 Å². The van der Waals surface area contributed by atoms with Gasteiger partial charge in [0.2, 0.25) is 0 Å². The van der Waals surface area contributed by atoms with Gasteiger partial charge in [0, 0.05) is 24.6 Å². The van der Waals surface area contributed by atoms with Gasteiger partial charge in [0.1, 0.15) is 5.75 Å². The van der Waals surface area contributed by atoms with E-state index < -0.39 is 0 Å². The fraction of sp³-hybridized carbons (Fsp3) is 0.500. The molecule has 3 rings (SSSR count). The molecule has 1 aliphatic rings. The first kappa shape index (κ1) is 14.1. The zero-order valence-corrected chi connectivity index (χ0v) is 12.6. The molecule has 0 aliphatic heterocycles. The summed E-state index contributed by atoms with van der Waals surface area (Å²) in [6.07, 6.45) is 3.33. The van der Waals surface area contributed by atoms with Gasteiger partial charge in [0.25, 0.3) is 5.89 Å². The highest BCUT2D eigenvalue weighted by Crippen LogP contribution is 2.26. The molecule has 2 aromatic rings. The summed E-state index contributed by atoms with van der Waals surface area (Å²) in [6.45, 7) is 5.21. The van der Waals surface area contributed by atoms with E-state index in [4.69, 9.17) is 9.26 Å². The lowest BCUT2D eigenvalue weighted by atomic mass is 10.1. The average Bonchev–Trinajstić information content (AvgIpc) is 3.21. The second-order valence-corrected chi connectivity index (χ2v) is 5.46. The third-order valence-electron chi connectivity index (χ3n) is 3.62. The normalized spacial score (nSPS) is 14.4. The average molecular weight is 287 g/mol. The zero-order chi connectivity index (χ0) is 14.7. The molecule has 21 heavy (non-hydrogen) atoms. The number of nitrogens with one attached hydrogen (secondary N) is 1. The molecule has 0 amide bonds. The minimum absolute atomic E-state index is 0.314. The van der Waals surface area contributed by atoms with Gasteiger partial charge in [-0.15, -0.1) is 0 Å². The molecule has 0 bridgehead atoms. The van der Waals surface area contributed by atoms with Crippen molar-refractivity contribution in [3.8, 4) is 5.75 Å². The van der Waals surface area contributed by atoms with Crippen molar-refractivity contribution in [1.29, 1.82) is 0 Å². The number of aryl methyl sites for hydroxylation is 2. The number of aromatic nitrogens is 2. The van der Waals surface area contributed by atoms with E-state index in [2.05, 4.69) is 40.6 Å². The van der Waals surface area contributed by atoms with Gasteiger partial charge in [-0.1, -0.05) is 30.3 Å². The van der Waals surface area contributed by atoms with Crippen molar-refractivity contribution in [3.05, 3.63) is 41.0 Å². The predicted molar refractivity (Wildman–Crippen MR) is 79.0 cm³/mol. The summed E-state index contributed by atoms with van der Waals surface area (Å²) in [5, 5.41) is 7.40. The van der Waals surface area contributed by atoms with Gasteiger partial charge in [0.15, 0.2) is 12.4 Å². The van der Waals surface area contributed by atoms with Gasteiger partial charge >= 0.3 is 0 Å². The van der Waals surface area contributed by atoms with E-state index in [0.29, 0.717) is 24.4 Å². The number of rotatable bonds is 7. The number of para-hydroxylation sites is 1. The van der Waals surface area contributed by atoms with Crippen LogP contribution in [0.1, 0.15) is 42.6 Å². The number of nitrogens with zero attached hydrogens (tertiary/aromatic N) is 2. The molecule has 0 spiro atoms. The smallest absolute Gasteiger partial charge is 0.264 e. The largest absolute Gasteiger partial charge is 0.483 e. The Labute approximate surface area is 124 Å². The molecule has 0 radical (unpaired) electrons. The quantitative estimate of drug-likeness (QED) is 0.848. The highest BCUT2D eigenvalue weighted by atomic mass is 16.5. The molecule has 1 N–H and O–H groups in total. The molecule has 112 valence electrons. The molecular weight excluding hydrogens is 266 g/mol. The van der Waals surface area contributed by atoms with E-state index in [9.17, 15) is 0 Å². The lowest BCUT2D eigenvalue weighted by molar-refractivity contribution is 0.239. The Morgan fingerprint density at radius 1 is 1.38 bits per heavy atom. The summed E-state index contributed by atoms with van der Waals surface area (Å²) in [5.74, 6) is 2.16. The van der Waals surface area contributed by atoms with E-state index >= 15 is 0 Å². The van der Waals surface area contributed by atoms with E-state index in [1.807, 2.05) is 6.92 Å². The molecule has 1 aromatic carbocycles. The standard InChI is InChI=1S/C16H21N3O2/c1-3-14-18-15(21-19-14)10-20-16-11(2)5-4-6-12(16)9-17-13-7-8-13/h4-6,13,17H,3,7-10H2,1-2H3. The van der Waals surface area contributed by atoms with Gasteiger partial charge < -0.3 is 14.6 Å². The maximum absolute atomic E-state index is 5.93. The van der Waals surface area contributed by atoms with Crippen molar-refractivity contribution in [2.75, 3.05) is 0 Å². The molecule has 0 unspecified atom stereocenters. The van der Waals surface area contributed by atoms with Crippen molar-refractivity contribution in [3.63, 3.8) is 0 Å². The summed E-state index contributed by atoms with van der Waals surface area (Å²) in [7, 11) is 0. The lowest BCUT2D eigenvalue weighted by Gasteiger charge is -2.13. The summed E-state index contributed by atoms with van der Waals surface area (Å²) in [4.78, 5) is 4.27. The molecule has 1 fully saturated rings. The predicted octanol–water partition coefficient (Wildman–Crippen LogP) is 2.77. The van der Waals surface area contributed by atoms with Crippen molar-refractivity contribution < 1.29 is 9.26 Å². The molecule has 0 saturated heterocycles. The monoisotopic (exact) mass is 287 g/mol. The van der Waals surface area contributed by atoms with Gasteiger partial charge in [0.05, 0.1) is 0 Å². The Morgan fingerprint density at radius 2 is 2.24 bits per heavy atom. The summed E-state index contributed by atoms with van der Waals surface area (Å²) >= 11 is 0. The molecule has 1 aromatic heterocycles. The minimum atomic E-state index is 0.314. The Bertz CT molecular complexity index is 605. The SMILES string of the molecule is CCc1noc(COc2c(C)cccc2CNC2CC2)n1. The van der Waals surface area contributed by atoms with Crippen LogP contribution in [-0.2, 0) is 19.6 Å². The van der Waals surface area contributed by atoms with Crippen LogP contribution in [0.3, 0.4) is 0 Å². The van der Waals surface area contributed by atoms with E-state index in [1.165, 1.54) is 18.4 Å². The Morgan fingerprint density at radius 3 is 2.95 bits per heavy atom. The molecule has 0 atom stereocenters. The Hall–Kier alpha value is -1.88. The number of benzene rings is 1. The molecule has 5 heteroatoms. The van der Waals surface area contributed by atoms with Crippen LogP contribution in [0.2, 0.25) is 0 Å². The van der Waals surface area contributed by atoms with Crippen molar-refractivity contribution in [1.82, 2.24) is 15.5 Å². The topological polar surface area (TPSA) is 60.2 Å². The first-order valence-electron chi connectivity index (χ1n) is 7.52. The van der Waals surface area contributed by atoms with E-state index in [-0.39, 0.29) is 0 Å². The van der Waals surface area contributed by atoms with Crippen LogP contribution in [0.4, 0.5) is 0 Å². The summed E-state index contributed by atoms with van der Waals surface area (Å²) in [6, 6.07) is 6.90. The number of hydrogen-bond donors (Lipinski definition) is 1.